The number of amides is 1. The van der Waals surface area contributed by atoms with Crippen LogP contribution in [0.3, 0.4) is 0 Å². The number of para-hydroxylation sites is 1. The molecule has 0 radical (unpaired) electrons. The van der Waals surface area contributed by atoms with Crippen LogP contribution < -0.4 is 10.2 Å². The summed E-state index contributed by atoms with van der Waals surface area (Å²) in [6, 6.07) is 6.26. The van der Waals surface area contributed by atoms with E-state index in [0.29, 0.717) is 6.54 Å². The quantitative estimate of drug-likeness (QED) is 0.754. The summed E-state index contributed by atoms with van der Waals surface area (Å²) in [5.41, 5.74) is 4.99. The highest BCUT2D eigenvalue weighted by molar-refractivity contribution is 6.07. The van der Waals surface area contributed by atoms with Crippen molar-refractivity contribution in [2.24, 2.45) is 0 Å². The maximum atomic E-state index is 12.1. The number of carbonyl (C=O) groups is 1. The second kappa shape index (κ2) is 3.36. The van der Waals surface area contributed by atoms with Gasteiger partial charge in [-0.1, -0.05) is 12.1 Å². The van der Waals surface area contributed by atoms with Crippen molar-refractivity contribution < 1.29 is 4.79 Å². The summed E-state index contributed by atoms with van der Waals surface area (Å²) in [5.74, 6) is 0.173. The molecule has 92 valence electrons. The van der Waals surface area contributed by atoms with E-state index in [1.165, 1.54) is 22.2 Å². The molecule has 0 bridgehead atoms. The first-order valence-electron chi connectivity index (χ1n) is 6.37. The van der Waals surface area contributed by atoms with Crippen LogP contribution in [0, 0.1) is 0 Å². The third-order valence-electron chi connectivity index (χ3n) is 4.15. The molecule has 4 rings (SSSR count). The van der Waals surface area contributed by atoms with Gasteiger partial charge < -0.3 is 14.8 Å². The number of fused-ring (bicyclic) bond motifs is 3. The fourth-order valence-corrected chi connectivity index (χ4v) is 3.24. The Hall–Kier alpha value is -1.81. The predicted molar refractivity (Wildman–Crippen MR) is 70.8 cm³/mol. The van der Waals surface area contributed by atoms with Gasteiger partial charge in [0, 0.05) is 37.6 Å². The summed E-state index contributed by atoms with van der Waals surface area (Å²) in [4.78, 5) is 13.8. The summed E-state index contributed by atoms with van der Waals surface area (Å²) in [6.45, 7) is 2.40. The van der Waals surface area contributed by atoms with Crippen LogP contribution in [-0.4, -0.2) is 24.1 Å². The van der Waals surface area contributed by atoms with Crippen molar-refractivity contribution in [3.63, 3.8) is 0 Å². The first kappa shape index (κ1) is 10.1. The van der Waals surface area contributed by atoms with Gasteiger partial charge in [0.2, 0.25) is 5.91 Å². The van der Waals surface area contributed by atoms with E-state index < -0.39 is 0 Å². The minimum atomic E-state index is 0.173. The van der Waals surface area contributed by atoms with Gasteiger partial charge in [0.1, 0.15) is 6.54 Å². The van der Waals surface area contributed by atoms with Gasteiger partial charge >= 0.3 is 0 Å². The Morgan fingerprint density at radius 2 is 2.22 bits per heavy atom. The van der Waals surface area contributed by atoms with Gasteiger partial charge in [0.25, 0.3) is 0 Å². The number of likely N-dealkylation sites (N-methyl/N-ethyl adjacent to an activating group) is 1. The topological polar surface area (TPSA) is 37.3 Å². The first-order chi connectivity index (χ1) is 8.77. The Labute approximate surface area is 105 Å². The molecule has 0 fully saturated rings. The summed E-state index contributed by atoms with van der Waals surface area (Å²) in [6.07, 6.45) is 1.01. The van der Waals surface area contributed by atoms with E-state index in [4.69, 9.17) is 0 Å². The Morgan fingerprint density at radius 3 is 3.11 bits per heavy atom. The summed E-state index contributed by atoms with van der Waals surface area (Å²) in [5, 5.41) is 4.72. The number of rotatable bonds is 0. The number of benzene rings is 1. The van der Waals surface area contributed by atoms with Crippen molar-refractivity contribution >= 4 is 22.5 Å². The van der Waals surface area contributed by atoms with E-state index in [0.717, 1.165) is 25.2 Å². The standard InChI is InChI=1S/C14H15N3O/c1-16-12-4-2-3-9-10-7-15-6-5-11(10)17(14(9)12)8-13(16)18/h2-4,15H,5-8H2,1H3. The van der Waals surface area contributed by atoms with Crippen LogP contribution in [0.5, 0.6) is 0 Å². The lowest BCUT2D eigenvalue weighted by Gasteiger charge is -2.26. The maximum absolute atomic E-state index is 12.1. The van der Waals surface area contributed by atoms with Gasteiger partial charge in [-0.25, -0.2) is 0 Å². The molecule has 1 amide bonds. The molecule has 1 aromatic heterocycles. The molecule has 0 spiro atoms. The lowest BCUT2D eigenvalue weighted by Crippen LogP contribution is -2.35. The molecule has 1 aromatic carbocycles. The third-order valence-corrected chi connectivity index (χ3v) is 4.15. The lowest BCUT2D eigenvalue weighted by atomic mass is 10.1. The molecule has 4 heteroatoms. The van der Waals surface area contributed by atoms with Gasteiger partial charge in [-0.15, -0.1) is 0 Å². The first-order valence-corrected chi connectivity index (χ1v) is 6.37. The molecular weight excluding hydrogens is 226 g/mol. The minimum absolute atomic E-state index is 0.173. The van der Waals surface area contributed by atoms with E-state index >= 15 is 0 Å². The summed E-state index contributed by atoms with van der Waals surface area (Å²) < 4.78 is 2.23. The highest BCUT2D eigenvalue weighted by Crippen LogP contribution is 2.37. The molecule has 1 N–H and O–H groups in total. The van der Waals surface area contributed by atoms with Crippen molar-refractivity contribution in [1.29, 1.82) is 0 Å². The zero-order chi connectivity index (χ0) is 12.3. The molecule has 2 aromatic rings. The largest absolute Gasteiger partial charge is 0.333 e. The van der Waals surface area contributed by atoms with Crippen molar-refractivity contribution in [3.05, 3.63) is 29.5 Å². The van der Waals surface area contributed by atoms with Crippen molar-refractivity contribution in [3.8, 4) is 0 Å². The molecule has 18 heavy (non-hydrogen) atoms. The van der Waals surface area contributed by atoms with Crippen molar-refractivity contribution in [1.82, 2.24) is 9.88 Å². The second-order valence-corrected chi connectivity index (χ2v) is 5.06. The summed E-state index contributed by atoms with van der Waals surface area (Å²) >= 11 is 0. The fraction of sp³-hybridized carbons (Fsp3) is 0.357. The number of nitrogens with zero attached hydrogens (tertiary/aromatic N) is 2. The number of nitrogens with one attached hydrogen (secondary N) is 1. The molecule has 0 saturated heterocycles. The highest BCUT2D eigenvalue weighted by atomic mass is 16.2. The summed E-state index contributed by atoms with van der Waals surface area (Å²) in [7, 11) is 1.87. The van der Waals surface area contributed by atoms with E-state index in [1.807, 2.05) is 19.2 Å². The van der Waals surface area contributed by atoms with Gasteiger partial charge in [0.05, 0.1) is 11.2 Å². The SMILES string of the molecule is CN1C(=O)Cn2c3c(c4cccc1c42)CNCC3. The maximum Gasteiger partial charge on any atom is 0.246 e. The Kier molecular flexibility index (Phi) is 1.89. The van der Waals surface area contributed by atoms with Crippen LogP contribution in [0.4, 0.5) is 5.69 Å². The van der Waals surface area contributed by atoms with Crippen molar-refractivity contribution in [2.75, 3.05) is 18.5 Å². The van der Waals surface area contributed by atoms with Crippen LogP contribution in [0.15, 0.2) is 18.2 Å². The molecule has 0 saturated carbocycles. The molecule has 2 aliphatic rings. The van der Waals surface area contributed by atoms with Crippen LogP contribution in [0.1, 0.15) is 11.3 Å². The van der Waals surface area contributed by atoms with E-state index in [1.54, 1.807) is 4.90 Å². The van der Waals surface area contributed by atoms with Crippen LogP contribution in [0.2, 0.25) is 0 Å². The van der Waals surface area contributed by atoms with E-state index in [2.05, 4.69) is 16.0 Å². The van der Waals surface area contributed by atoms with Gasteiger partial charge in [-0.2, -0.15) is 0 Å². The Bertz CT molecular complexity index is 671. The second-order valence-electron chi connectivity index (χ2n) is 5.06. The minimum Gasteiger partial charge on any atom is -0.333 e. The molecule has 0 aliphatic carbocycles. The molecule has 4 nitrogen and oxygen atoms in total. The van der Waals surface area contributed by atoms with Crippen LogP contribution in [0.25, 0.3) is 10.9 Å². The van der Waals surface area contributed by atoms with Gasteiger partial charge in [-0.05, 0) is 11.6 Å². The van der Waals surface area contributed by atoms with Crippen LogP contribution in [-0.2, 0) is 24.3 Å². The van der Waals surface area contributed by atoms with Crippen molar-refractivity contribution in [2.45, 2.75) is 19.5 Å². The smallest absolute Gasteiger partial charge is 0.246 e. The predicted octanol–water partition coefficient (Wildman–Crippen LogP) is 1.26. The zero-order valence-electron chi connectivity index (χ0n) is 10.4. The fourth-order valence-electron chi connectivity index (χ4n) is 3.24. The number of anilines is 1. The average Bonchev–Trinajstić information content (AvgIpc) is 2.72. The molecule has 2 aliphatic heterocycles. The zero-order valence-corrected chi connectivity index (χ0v) is 10.4. The van der Waals surface area contributed by atoms with Gasteiger partial charge in [-0.3, -0.25) is 4.79 Å². The molecule has 0 atom stereocenters. The lowest BCUT2D eigenvalue weighted by molar-refractivity contribution is -0.119. The average molecular weight is 241 g/mol. The van der Waals surface area contributed by atoms with Gasteiger partial charge in [0.15, 0.2) is 0 Å². The Balaban J connectivity index is 2.14. The number of hydrogen-bond acceptors (Lipinski definition) is 2. The Morgan fingerprint density at radius 1 is 1.33 bits per heavy atom. The normalized spacial score (nSPS) is 18.3. The van der Waals surface area contributed by atoms with E-state index in [9.17, 15) is 4.79 Å². The highest BCUT2D eigenvalue weighted by Gasteiger charge is 2.28. The number of carbonyl (C=O) groups excluding carboxylic acids is 1. The molecule has 0 unspecified atom stereocenters. The van der Waals surface area contributed by atoms with E-state index in [-0.39, 0.29) is 5.91 Å². The third kappa shape index (κ3) is 1.11. The van der Waals surface area contributed by atoms with Crippen LogP contribution >= 0.6 is 0 Å². The molecule has 3 heterocycles. The molecular formula is C14H15N3O. The monoisotopic (exact) mass is 241 g/mol. The number of hydrogen-bond donors (Lipinski definition) is 1. The number of aromatic nitrogens is 1.